The van der Waals surface area contributed by atoms with Gasteiger partial charge in [-0.05, 0) is 25.7 Å². The molecule has 156 valence electrons. The molecule has 0 aliphatic heterocycles. The summed E-state index contributed by atoms with van der Waals surface area (Å²) < 4.78 is 46.5. The molecule has 0 spiro atoms. The van der Waals surface area contributed by atoms with Gasteiger partial charge in [0.25, 0.3) is 0 Å². The quantitative estimate of drug-likeness (QED) is 0.160. The Kier molecular flexibility index (Phi) is 13.1. The van der Waals surface area contributed by atoms with Crippen LogP contribution in [-0.2, 0) is 41.6 Å². The van der Waals surface area contributed by atoms with Gasteiger partial charge >= 0.3 is 27.6 Å². The fraction of sp³-hybridized carbons (Fsp3) is 0.571. The van der Waals surface area contributed by atoms with Gasteiger partial charge in [0.1, 0.15) is 0 Å². The number of hydrogen-bond acceptors (Lipinski definition) is 9. The van der Waals surface area contributed by atoms with Crippen molar-refractivity contribution in [2.75, 3.05) is 26.4 Å². The summed E-state index contributed by atoms with van der Waals surface area (Å²) in [6.07, 6.45) is 3.24. The first-order valence-corrected chi connectivity index (χ1v) is 10.9. The Morgan fingerprint density at radius 3 is 1.48 bits per heavy atom. The van der Waals surface area contributed by atoms with Crippen LogP contribution in [-0.4, -0.2) is 48.2 Å². The van der Waals surface area contributed by atoms with Crippen LogP contribution in [0.5, 0.6) is 0 Å². The average molecular weight is 430 g/mol. The Hall–Kier alpha value is -1.32. The van der Waals surface area contributed by atoms with E-state index < -0.39 is 27.6 Å². The van der Waals surface area contributed by atoms with Crippen molar-refractivity contribution in [3.63, 3.8) is 0 Å². The minimum atomic E-state index is -5.12. The number of esters is 2. The van der Waals surface area contributed by atoms with E-state index >= 15 is 0 Å². The van der Waals surface area contributed by atoms with E-state index in [9.17, 15) is 18.7 Å². The summed E-state index contributed by atoms with van der Waals surface area (Å²) in [7, 11) is -9.62. The van der Waals surface area contributed by atoms with E-state index in [1.165, 1.54) is 0 Å². The minimum absolute atomic E-state index is 0.0716. The van der Waals surface area contributed by atoms with Gasteiger partial charge in [0, 0.05) is 12.2 Å². The molecule has 0 heterocycles. The molecule has 13 heteroatoms. The van der Waals surface area contributed by atoms with Crippen LogP contribution in [0.2, 0.25) is 0 Å². The lowest BCUT2D eigenvalue weighted by molar-refractivity contribution is -0.138. The van der Waals surface area contributed by atoms with Gasteiger partial charge in [-0.25, -0.2) is 18.7 Å². The van der Waals surface area contributed by atoms with Crippen molar-refractivity contribution in [3.8, 4) is 0 Å². The maximum Gasteiger partial charge on any atom is 0.483 e. The first-order valence-electron chi connectivity index (χ1n) is 7.86. The van der Waals surface area contributed by atoms with E-state index in [0.717, 1.165) is 12.2 Å². The van der Waals surface area contributed by atoms with E-state index in [1.54, 1.807) is 0 Å². The molecule has 0 aromatic carbocycles. The van der Waals surface area contributed by atoms with Gasteiger partial charge < -0.3 is 19.3 Å². The Morgan fingerprint density at radius 2 is 1.15 bits per heavy atom. The first kappa shape index (κ1) is 25.7. The van der Waals surface area contributed by atoms with Crippen LogP contribution in [0, 0.1) is 0 Å². The van der Waals surface area contributed by atoms with E-state index in [0.29, 0.717) is 12.8 Å². The Bertz CT molecular complexity index is 548. The topological polar surface area (TPSA) is 155 Å². The second-order valence-corrected chi connectivity index (χ2v) is 7.89. The van der Waals surface area contributed by atoms with Crippen LogP contribution < -0.4 is 0 Å². The molecular weight excluding hydrogens is 406 g/mol. The molecule has 0 saturated heterocycles. The molecule has 0 amide bonds. The number of unbranched alkanes of at least 4 members (excludes halogenated alkanes) is 2. The summed E-state index contributed by atoms with van der Waals surface area (Å²) in [6.45, 7) is 6.19. The molecule has 2 N–H and O–H groups in total. The highest BCUT2D eigenvalue weighted by Crippen LogP contribution is 2.61. The van der Waals surface area contributed by atoms with E-state index in [2.05, 4.69) is 17.5 Å². The van der Waals surface area contributed by atoms with Crippen LogP contribution in [0.3, 0.4) is 0 Å². The van der Waals surface area contributed by atoms with Crippen LogP contribution in [0.15, 0.2) is 25.3 Å². The molecule has 0 atom stereocenters. The number of phosphoric acid groups is 2. The van der Waals surface area contributed by atoms with Crippen molar-refractivity contribution in [2.45, 2.75) is 25.7 Å². The van der Waals surface area contributed by atoms with Gasteiger partial charge in [-0.2, -0.15) is 4.31 Å². The largest absolute Gasteiger partial charge is 0.483 e. The van der Waals surface area contributed by atoms with Crippen LogP contribution >= 0.6 is 15.6 Å². The third kappa shape index (κ3) is 15.4. The number of carbonyl (C=O) groups is 2. The molecule has 0 aromatic heterocycles. The molecular formula is C14H24O11P2. The number of phosphoric ester groups is 1. The normalized spacial score (nSPS) is 11.6. The van der Waals surface area contributed by atoms with Gasteiger partial charge in [0.05, 0.1) is 26.4 Å². The van der Waals surface area contributed by atoms with Gasteiger partial charge in [0.15, 0.2) is 0 Å². The van der Waals surface area contributed by atoms with Crippen molar-refractivity contribution in [2.24, 2.45) is 0 Å². The number of carbonyl (C=O) groups excluding carboxylic acids is 2. The summed E-state index contributed by atoms with van der Waals surface area (Å²) in [5.41, 5.74) is 0. The van der Waals surface area contributed by atoms with Crippen molar-refractivity contribution in [1.29, 1.82) is 0 Å². The first-order chi connectivity index (χ1) is 12.6. The fourth-order valence-electron chi connectivity index (χ4n) is 1.44. The SMILES string of the molecule is C=CC(=O)OCCCCOP(=O)(OCCCCOC(=O)C=C)OP(=O)(O)O. The number of ether oxygens (including phenoxy) is 2. The Morgan fingerprint density at radius 1 is 0.778 bits per heavy atom. The minimum Gasteiger partial charge on any atom is -0.463 e. The molecule has 11 nitrogen and oxygen atoms in total. The molecule has 0 bridgehead atoms. The summed E-state index contributed by atoms with van der Waals surface area (Å²) in [5, 5.41) is 0. The smallest absolute Gasteiger partial charge is 0.463 e. The Labute approximate surface area is 157 Å². The van der Waals surface area contributed by atoms with E-state index in [4.69, 9.17) is 28.3 Å². The second kappa shape index (κ2) is 13.8. The molecule has 0 saturated carbocycles. The maximum absolute atomic E-state index is 12.2. The molecule has 0 unspecified atom stereocenters. The van der Waals surface area contributed by atoms with Crippen molar-refractivity contribution < 1.29 is 51.3 Å². The highest BCUT2D eigenvalue weighted by atomic mass is 31.3. The average Bonchev–Trinajstić information content (AvgIpc) is 2.58. The van der Waals surface area contributed by atoms with E-state index in [-0.39, 0.29) is 39.3 Å². The van der Waals surface area contributed by atoms with Crippen LogP contribution in [0.1, 0.15) is 25.7 Å². The van der Waals surface area contributed by atoms with Crippen molar-refractivity contribution in [3.05, 3.63) is 25.3 Å². The fourth-order valence-corrected chi connectivity index (χ4v) is 3.64. The molecule has 0 aromatic rings. The predicted octanol–water partition coefficient (Wildman–Crippen LogP) is 2.26. The van der Waals surface area contributed by atoms with Crippen LogP contribution in [0.4, 0.5) is 0 Å². The number of rotatable bonds is 16. The highest BCUT2D eigenvalue weighted by molar-refractivity contribution is 7.61. The molecule has 0 fully saturated rings. The van der Waals surface area contributed by atoms with Crippen molar-refractivity contribution >= 4 is 27.6 Å². The Balaban J connectivity index is 4.23. The molecule has 0 aliphatic rings. The van der Waals surface area contributed by atoms with E-state index in [1.807, 2.05) is 0 Å². The summed E-state index contributed by atoms with van der Waals surface area (Å²) >= 11 is 0. The summed E-state index contributed by atoms with van der Waals surface area (Å²) in [4.78, 5) is 39.3. The van der Waals surface area contributed by atoms with Crippen molar-refractivity contribution in [1.82, 2.24) is 0 Å². The standard InChI is InChI=1S/C14H24O11P2/c1-3-13(15)21-9-5-7-11-23-27(20,25-26(17,18)19)24-12-8-6-10-22-14(16)4-2/h3-4H,1-2,5-12H2,(H2,17,18,19). The number of hydrogen-bond donors (Lipinski definition) is 2. The van der Waals surface area contributed by atoms with Gasteiger partial charge in [-0.1, -0.05) is 13.2 Å². The highest BCUT2D eigenvalue weighted by Gasteiger charge is 2.35. The molecule has 0 rings (SSSR count). The zero-order chi connectivity index (χ0) is 20.8. The van der Waals surface area contributed by atoms with Gasteiger partial charge in [0.2, 0.25) is 0 Å². The lowest BCUT2D eigenvalue weighted by atomic mass is 10.3. The maximum atomic E-state index is 12.2. The zero-order valence-electron chi connectivity index (χ0n) is 14.7. The van der Waals surface area contributed by atoms with Gasteiger partial charge in [-0.15, -0.1) is 0 Å². The summed E-state index contributed by atoms with van der Waals surface area (Å²) in [5.74, 6) is -1.18. The lowest BCUT2D eigenvalue weighted by Crippen LogP contribution is -2.06. The molecule has 0 aliphatic carbocycles. The lowest BCUT2D eigenvalue weighted by Gasteiger charge is -2.18. The zero-order valence-corrected chi connectivity index (χ0v) is 16.5. The van der Waals surface area contributed by atoms with Gasteiger partial charge in [-0.3, -0.25) is 9.05 Å². The third-order valence-electron chi connectivity index (χ3n) is 2.60. The van der Waals surface area contributed by atoms with Crippen LogP contribution in [0.25, 0.3) is 0 Å². The molecule has 27 heavy (non-hydrogen) atoms. The third-order valence-corrected chi connectivity index (χ3v) is 5.25. The monoisotopic (exact) mass is 430 g/mol. The summed E-state index contributed by atoms with van der Waals surface area (Å²) in [6, 6.07) is 0. The second-order valence-electron chi connectivity index (χ2n) is 4.84. The molecule has 0 radical (unpaired) electrons. The predicted molar refractivity (Wildman–Crippen MR) is 93.4 cm³/mol.